The zero-order valence-electron chi connectivity index (χ0n) is 16.0. The number of ether oxygens (including phenoxy) is 2. The monoisotopic (exact) mass is 387 g/mol. The molecule has 0 radical (unpaired) electrons. The highest BCUT2D eigenvalue weighted by Crippen LogP contribution is 2.32. The van der Waals surface area contributed by atoms with E-state index in [9.17, 15) is 9.59 Å². The molecule has 1 saturated heterocycles. The summed E-state index contributed by atoms with van der Waals surface area (Å²) in [7, 11) is 3.17. The van der Waals surface area contributed by atoms with Crippen LogP contribution in [0, 0.1) is 0 Å². The number of hydrogen-bond acceptors (Lipinski definition) is 6. The van der Waals surface area contributed by atoms with Crippen LogP contribution in [-0.2, 0) is 22.7 Å². The second-order valence-corrected chi connectivity index (χ2v) is 6.45. The van der Waals surface area contributed by atoms with Crippen molar-refractivity contribution in [1.82, 2.24) is 25.5 Å². The third-order valence-corrected chi connectivity index (χ3v) is 4.69. The van der Waals surface area contributed by atoms with Gasteiger partial charge in [0, 0.05) is 37.6 Å². The van der Waals surface area contributed by atoms with Gasteiger partial charge in [-0.2, -0.15) is 0 Å². The van der Waals surface area contributed by atoms with Crippen LogP contribution >= 0.6 is 0 Å². The summed E-state index contributed by atoms with van der Waals surface area (Å²) in [6.45, 7) is 1.95. The van der Waals surface area contributed by atoms with Crippen LogP contribution in [0.25, 0.3) is 0 Å². The Morgan fingerprint density at radius 1 is 1.36 bits per heavy atom. The second kappa shape index (κ2) is 9.23. The van der Waals surface area contributed by atoms with Crippen LogP contribution in [0.2, 0.25) is 0 Å². The average Bonchev–Trinajstić information content (AvgIpc) is 3.22. The molecule has 1 aliphatic heterocycles. The van der Waals surface area contributed by atoms with Gasteiger partial charge in [-0.1, -0.05) is 12.1 Å². The van der Waals surface area contributed by atoms with Gasteiger partial charge in [-0.15, -0.1) is 0 Å². The number of imidazole rings is 1. The first-order chi connectivity index (χ1) is 13.6. The lowest BCUT2D eigenvalue weighted by Crippen LogP contribution is -2.56. The van der Waals surface area contributed by atoms with Crippen LogP contribution in [0.3, 0.4) is 0 Å². The lowest BCUT2D eigenvalue weighted by Gasteiger charge is -2.35. The predicted molar refractivity (Wildman–Crippen MR) is 102 cm³/mol. The molecule has 2 aromatic rings. The molecule has 150 valence electrons. The summed E-state index contributed by atoms with van der Waals surface area (Å²) >= 11 is 0. The molecule has 9 heteroatoms. The minimum atomic E-state index is -0.554. The number of H-pyrrole nitrogens is 1. The van der Waals surface area contributed by atoms with Gasteiger partial charge in [0.25, 0.3) is 0 Å². The van der Waals surface area contributed by atoms with Gasteiger partial charge < -0.3 is 25.1 Å². The standard InChI is InChI=1S/C19H25N5O4/c1-27-15-5-3-4-13(18(15)28-2)12-24-9-8-22-19(26)14(24)10-17(25)23-11-16-20-6-7-21-16/h3-7,14H,8-12H2,1-2H3,(H,20,21)(H,22,26)(H,23,25)/t14-/m1/s1. The SMILES string of the molecule is COc1cccc(CN2CCNC(=O)[C@H]2CC(=O)NCc2ncc[nH]2)c1OC. The Labute approximate surface area is 163 Å². The normalized spacial score (nSPS) is 17.1. The van der Waals surface area contributed by atoms with Crippen LogP contribution in [-0.4, -0.2) is 60.0 Å². The number of aromatic nitrogens is 2. The molecule has 0 aliphatic carbocycles. The van der Waals surface area contributed by atoms with Crippen molar-refractivity contribution in [3.8, 4) is 11.5 Å². The van der Waals surface area contributed by atoms with Crippen molar-refractivity contribution in [2.24, 2.45) is 0 Å². The molecule has 1 aromatic carbocycles. The highest BCUT2D eigenvalue weighted by molar-refractivity contribution is 5.88. The summed E-state index contributed by atoms with van der Waals surface area (Å²) in [4.78, 5) is 33.8. The maximum Gasteiger partial charge on any atom is 0.237 e. The Hall–Kier alpha value is -3.07. The molecule has 0 unspecified atom stereocenters. The molecule has 1 aliphatic rings. The van der Waals surface area contributed by atoms with Crippen molar-refractivity contribution in [3.63, 3.8) is 0 Å². The molecule has 3 rings (SSSR count). The van der Waals surface area contributed by atoms with Crippen LogP contribution < -0.4 is 20.1 Å². The van der Waals surface area contributed by atoms with Gasteiger partial charge in [-0.05, 0) is 6.07 Å². The summed E-state index contributed by atoms with van der Waals surface area (Å²) in [5, 5.41) is 5.63. The van der Waals surface area contributed by atoms with Crippen molar-refractivity contribution in [3.05, 3.63) is 42.0 Å². The second-order valence-electron chi connectivity index (χ2n) is 6.45. The van der Waals surface area contributed by atoms with E-state index in [1.165, 1.54) is 0 Å². The number of aromatic amines is 1. The van der Waals surface area contributed by atoms with Gasteiger partial charge in [0.05, 0.1) is 33.2 Å². The van der Waals surface area contributed by atoms with E-state index in [-0.39, 0.29) is 18.2 Å². The molecular formula is C19H25N5O4. The molecule has 1 aromatic heterocycles. The highest BCUT2D eigenvalue weighted by atomic mass is 16.5. The summed E-state index contributed by atoms with van der Waals surface area (Å²) in [6, 6.07) is 5.08. The van der Waals surface area contributed by atoms with Gasteiger partial charge in [0.1, 0.15) is 5.82 Å². The molecule has 28 heavy (non-hydrogen) atoms. The van der Waals surface area contributed by atoms with Crippen molar-refractivity contribution in [1.29, 1.82) is 0 Å². The van der Waals surface area contributed by atoms with Crippen molar-refractivity contribution in [2.45, 2.75) is 25.6 Å². The van der Waals surface area contributed by atoms with E-state index in [1.807, 2.05) is 23.1 Å². The number of para-hydroxylation sites is 1. The van der Waals surface area contributed by atoms with E-state index >= 15 is 0 Å². The molecule has 1 fully saturated rings. The fraction of sp³-hybridized carbons (Fsp3) is 0.421. The minimum absolute atomic E-state index is 0.0683. The number of carbonyl (C=O) groups is 2. The Kier molecular flexibility index (Phi) is 6.49. The number of carbonyl (C=O) groups excluding carboxylic acids is 2. The van der Waals surface area contributed by atoms with Crippen LogP contribution in [0.4, 0.5) is 0 Å². The van der Waals surface area contributed by atoms with Crippen LogP contribution in [0.5, 0.6) is 11.5 Å². The molecular weight excluding hydrogens is 362 g/mol. The van der Waals surface area contributed by atoms with Crippen molar-refractivity contribution in [2.75, 3.05) is 27.3 Å². The quantitative estimate of drug-likeness (QED) is 0.606. The van der Waals surface area contributed by atoms with E-state index in [2.05, 4.69) is 20.6 Å². The zero-order valence-corrected chi connectivity index (χ0v) is 16.0. The first-order valence-corrected chi connectivity index (χ1v) is 9.09. The van der Waals surface area contributed by atoms with Crippen LogP contribution in [0.15, 0.2) is 30.6 Å². The number of rotatable bonds is 8. The summed E-state index contributed by atoms with van der Waals surface area (Å²) in [5.74, 6) is 1.58. The third-order valence-electron chi connectivity index (χ3n) is 4.69. The third kappa shape index (κ3) is 4.61. The number of piperazine rings is 1. The first-order valence-electron chi connectivity index (χ1n) is 9.09. The number of benzene rings is 1. The smallest absolute Gasteiger partial charge is 0.237 e. The highest BCUT2D eigenvalue weighted by Gasteiger charge is 2.32. The summed E-state index contributed by atoms with van der Waals surface area (Å²) < 4.78 is 10.8. The lowest BCUT2D eigenvalue weighted by atomic mass is 10.1. The molecule has 1 atom stereocenters. The fourth-order valence-electron chi connectivity index (χ4n) is 3.29. The average molecular weight is 387 g/mol. The van der Waals surface area contributed by atoms with E-state index in [0.717, 1.165) is 5.56 Å². The Morgan fingerprint density at radius 3 is 2.93 bits per heavy atom. The number of amides is 2. The maximum absolute atomic E-state index is 12.4. The van der Waals surface area contributed by atoms with Gasteiger partial charge in [0.15, 0.2) is 11.5 Å². The Morgan fingerprint density at radius 2 is 2.21 bits per heavy atom. The maximum atomic E-state index is 12.4. The largest absolute Gasteiger partial charge is 0.493 e. The summed E-state index contributed by atoms with van der Waals surface area (Å²) in [5.41, 5.74) is 0.901. The molecule has 0 bridgehead atoms. The van der Waals surface area contributed by atoms with Gasteiger partial charge in [0.2, 0.25) is 11.8 Å². The van der Waals surface area contributed by atoms with Gasteiger partial charge >= 0.3 is 0 Å². The molecule has 3 N–H and O–H groups in total. The van der Waals surface area contributed by atoms with E-state index < -0.39 is 6.04 Å². The fourth-order valence-corrected chi connectivity index (χ4v) is 3.29. The predicted octanol–water partition coefficient (Wildman–Crippen LogP) is 0.434. The van der Waals surface area contributed by atoms with Crippen molar-refractivity contribution >= 4 is 11.8 Å². The Balaban J connectivity index is 1.68. The molecule has 2 heterocycles. The zero-order chi connectivity index (χ0) is 19.9. The number of nitrogens with zero attached hydrogens (tertiary/aromatic N) is 2. The number of hydrogen-bond donors (Lipinski definition) is 3. The topological polar surface area (TPSA) is 109 Å². The van der Waals surface area contributed by atoms with Crippen molar-refractivity contribution < 1.29 is 19.1 Å². The van der Waals surface area contributed by atoms with E-state index in [0.29, 0.717) is 43.5 Å². The first kappa shape index (κ1) is 19.7. The van der Waals surface area contributed by atoms with E-state index in [1.54, 1.807) is 26.6 Å². The van der Waals surface area contributed by atoms with Gasteiger partial charge in [-0.3, -0.25) is 14.5 Å². The molecule has 0 spiro atoms. The van der Waals surface area contributed by atoms with Gasteiger partial charge in [-0.25, -0.2) is 4.98 Å². The van der Waals surface area contributed by atoms with E-state index in [4.69, 9.17) is 9.47 Å². The minimum Gasteiger partial charge on any atom is -0.493 e. The molecule has 2 amide bonds. The number of nitrogens with one attached hydrogen (secondary N) is 3. The lowest BCUT2D eigenvalue weighted by molar-refractivity contribution is -0.134. The number of methoxy groups -OCH3 is 2. The molecule has 0 saturated carbocycles. The van der Waals surface area contributed by atoms with Crippen LogP contribution in [0.1, 0.15) is 17.8 Å². The molecule has 9 nitrogen and oxygen atoms in total. The summed E-state index contributed by atoms with van der Waals surface area (Å²) in [6.07, 6.45) is 3.39. The Bertz CT molecular complexity index is 809.